The van der Waals surface area contributed by atoms with E-state index in [0.29, 0.717) is 5.56 Å². The van der Waals surface area contributed by atoms with Gasteiger partial charge in [0.05, 0.1) is 5.56 Å². The van der Waals surface area contributed by atoms with Gasteiger partial charge < -0.3 is 5.32 Å². The van der Waals surface area contributed by atoms with Crippen LogP contribution < -0.4 is 5.32 Å². The van der Waals surface area contributed by atoms with Gasteiger partial charge in [0.2, 0.25) is 0 Å². The molecule has 1 N–H and O–H groups in total. The summed E-state index contributed by atoms with van der Waals surface area (Å²) in [5, 5.41) is 2.94. The molecule has 0 atom stereocenters. The van der Waals surface area contributed by atoms with Crippen molar-refractivity contribution in [2.24, 2.45) is 0 Å². The second-order valence-corrected chi connectivity index (χ2v) is 3.30. The summed E-state index contributed by atoms with van der Waals surface area (Å²) in [5.74, 6) is 0. The number of halogens is 3. The molecule has 1 rings (SSSR count). The molecular weight excluding hydrogens is 217 g/mol. The number of hydrogen-bond acceptors (Lipinski definition) is 2. The number of alkyl halides is 3. The molecular formula is C11H13F3N2. The standard InChI is InChI=1S/C11H13F3N2/c1-15-5-3-2-4-9-6-10(8-16-7-9)11(12,13)14/h2,4,6-8,15H,3,5H2,1H3. The van der Waals surface area contributed by atoms with Crippen LogP contribution >= 0.6 is 0 Å². The summed E-state index contributed by atoms with van der Waals surface area (Å²) in [5.41, 5.74) is -0.255. The van der Waals surface area contributed by atoms with Gasteiger partial charge in [-0.05, 0) is 31.6 Å². The van der Waals surface area contributed by atoms with E-state index >= 15 is 0 Å². The molecule has 88 valence electrons. The summed E-state index contributed by atoms with van der Waals surface area (Å²) in [6.45, 7) is 0.795. The molecule has 0 amide bonds. The van der Waals surface area contributed by atoms with Crippen molar-refractivity contribution in [3.05, 3.63) is 35.7 Å². The van der Waals surface area contributed by atoms with E-state index in [1.807, 2.05) is 13.1 Å². The number of nitrogens with one attached hydrogen (secondary N) is 1. The molecule has 16 heavy (non-hydrogen) atoms. The van der Waals surface area contributed by atoms with Crippen molar-refractivity contribution in [1.29, 1.82) is 0 Å². The first kappa shape index (κ1) is 12.7. The van der Waals surface area contributed by atoms with Crippen molar-refractivity contribution < 1.29 is 13.2 Å². The molecule has 1 heterocycles. The van der Waals surface area contributed by atoms with E-state index in [1.165, 1.54) is 6.20 Å². The molecule has 1 aromatic heterocycles. The largest absolute Gasteiger partial charge is 0.417 e. The third-order valence-corrected chi connectivity index (χ3v) is 1.96. The predicted octanol–water partition coefficient (Wildman–Crippen LogP) is 2.72. The topological polar surface area (TPSA) is 24.9 Å². The minimum Gasteiger partial charge on any atom is -0.319 e. The molecule has 0 aliphatic heterocycles. The van der Waals surface area contributed by atoms with Gasteiger partial charge in [0.1, 0.15) is 0 Å². The highest BCUT2D eigenvalue weighted by Gasteiger charge is 2.30. The van der Waals surface area contributed by atoms with Gasteiger partial charge in [0.15, 0.2) is 0 Å². The Balaban J connectivity index is 2.71. The Hall–Kier alpha value is -1.36. The van der Waals surface area contributed by atoms with E-state index in [1.54, 1.807) is 6.08 Å². The first-order valence-corrected chi connectivity index (χ1v) is 4.87. The molecule has 1 aromatic rings. The molecule has 5 heteroatoms. The van der Waals surface area contributed by atoms with Crippen LogP contribution in [0.1, 0.15) is 17.5 Å². The van der Waals surface area contributed by atoms with Gasteiger partial charge in [-0.2, -0.15) is 13.2 Å². The quantitative estimate of drug-likeness (QED) is 0.804. The predicted molar refractivity (Wildman–Crippen MR) is 56.8 cm³/mol. The maximum atomic E-state index is 12.3. The highest BCUT2D eigenvalue weighted by atomic mass is 19.4. The second-order valence-electron chi connectivity index (χ2n) is 3.30. The van der Waals surface area contributed by atoms with Crippen LogP contribution in [-0.4, -0.2) is 18.6 Å². The van der Waals surface area contributed by atoms with Crippen LogP contribution in [0.3, 0.4) is 0 Å². The number of pyridine rings is 1. The lowest BCUT2D eigenvalue weighted by molar-refractivity contribution is -0.137. The zero-order valence-corrected chi connectivity index (χ0v) is 8.88. The maximum absolute atomic E-state index is 12.3. The van der Waals surface area contributed by atoms with Crippen LogP contribution in [0, 0.1) is 0 Å². The van der Waals surface area contributed by atoms with E-state index in [9.17, 15) is 13.2 Å². The van der Waals surface area contributed by atoms with Crippen LogP contribution in [0.2, 0.25) is 0 Å². The average molecular weight is 230 g/mol. The number of rotatable bonds is 4. The lowest BCUT2D eigenvalue weighted by atomic mass is 10.2. The summed E-state index contributed by atoms with van der Waals surface area (Å²) >= 11 is 0. The fraction of sp³-hybridized carbons (Fsp3) is 0.364. The van der Waals surface area contributed by atoms with E-state index in [4.69, 9.17) is 0 Å². The molecule has 0 unspecified atom stereocenters. The zero-order valence-electron chi connectivity index (χ0n) is 8.88. The van der Waals surface area contributed by atoms with Crippen LogP contribution in [0.15, 0.2) is 24.5 Å². The van der Waals surface area contributed by atoms with Crippen molar-refractivity contribution in [2.45, 2.75) is 12.6 Å². The Bertz CT molecular complexity index is 358. The van der Waals surface area contributed by atoms with Gasteiger partial charge in [0, 0.05) is 12.4 Å². The third kappa shape index (κ3) is 4.02. The fourth-order valence-electron chi connectivity index (χ4n) is 1.15. The van der Waals surface area contributed by atoms with Gasteiger partial charge >= 0.3 is 6.18 Å². The Kier molecular flexibility index (Phi) is 4.49. The third-order valence-electron chi connectivity index (χ3n) is 1.96. The molecule has 0 saturated carbocycles. The van der Waals surface area contributed by atoms with Gasteiger partial charge in [-0.25, -0.2) is 0 Å². The van der Waals surface area contributed by atoms with Gasteiger partial charge in [0.25, 0.3) is 0 Å². The molecule has 0 spiro atoms. The summed E-state index contributed by atoms with van der Waals surface area (Å²) in [6.07, 6.45) is 2.12. The molecule has 0 fully saturated rings. The maximum Gasteiger partial charge on any atom is 0.417 e. The smallest absolute Gasteiger partial charge is 0.319 e. The molecule has 2 nitrogen and oxygen atoms in total. The highest BCUT2D eigenvalue weighted by molar-refractivity contribution is 5.48. The Morgan fingerprint density at radius 3 is 2.75 bits per heavy atom. The SMILES string of the molecule is CNCCC=Cc1cncc(C(F)(F)F)c1. The van der Waals surface area contributed by atoms with Gasteiger partial charge in [-0.15, -0.1) is 0 Å². The van der Waals surface area contributed by atoms with E-state index in [0.717, 1.165) is 25.2 Å². The van der Waals surface area contributed by atoms with Crippen LogP contribution in [-0.2, 0) is 6.18 Å². The van der Waals surface area contributed by atoms with Crippen molar-refractivity contribution >= 4 is 6.08 Å². The minimum absolute atomic E-state index is 0.464. The Labute approximate surface area is 92.2 Å². The molecule has 0 bridgehead atoms. The summed E-state index contributed by atoms with van der Waals surface area (Å²) in [6, 6.07) is 1.09. The lowest BCUT2D eigenvalue weighted by Gasteiger charge is -2.05. The normalized spacial score (nSPS) is 12.2. The molecule has 0 aliphatic rings. The minimum atomic E-state index is -4.33. The highest BCUT2D eigenvalue weighted by Crippen LogP contribution is 2.29. The Morgan fingerprint density at radius 1 is 1.38 bits per heavy atom. The van der Waals surface area contributed by atoms with Gasteiger partial charge in [-0.1, -0.05) is 12.2 Å². The zero-order chi connectivity index (χ0) is 12.0. The van der Waals surface area contributed by atoms with E-state index in [2.05, 4.69) is 10.3 Å². The van der Waals surface area contributed by atoms with E-state index in [-0.39, 0.29) is 0 Å². The molecule has 0 saturated heterocycles. The number of hydrogen-bond donors (Lipinski definition) is 1. The van der Waals surface area contributed by atoms with Crippen LogP contribution in [0.4, 0.5) is 13.2 Å². The van der Waals surface area contributed by atoms with Crippen molar-refractivity contribution in [2.75, 3.05) is 13.6 Å². The molecule has 0 radical (unpaired) electrons. The summed E-state index contributed by atoms with van der Waals surface area (Å²) in [4.78, 5) is 3.56. The van der Waals surface area contributed by atoms with Crippen molar-refractivity contribution in [3.8, 4) is 0 Å². The summed E-state index contributed by atoms with van der Waals surface area (Å²) in [7, 11) is 1.82. The van der Waals surface area contributed by atoms with Gasteiger partial charge in [-0.3, -0.25) is 4.98 Å². The Morgan fingerprint density at radius 2 is 2.12 bits per heavy atom. The number of nitrogens with zero attached hydrogens (tertiary/aromatic N) is 1. The molecule has 0 aliphatic carbocycles. The second kappa shape index (κ2) is 5.65. The average Bonchev–Trinajstić information content (AvgIpc) is 2.24. The fourth-order valence-corrected chi connectivity index (χ4v) is 1.15. The van der Waals surface area contributed by atoms with Crippen LogP contribution in [0.5, 0.6) is 0 Å². The lowest BCUT2D eigenvalue weighted by Crippen LogP contribution is -2.06. The molecule has 0 aromatic carbocycles. The van der Waals surface area contributed by atoms with Crippen LogP contribution in [0.25, 0.3) is 6.08 Å². The van der Waals surface area contributed by atoms with Crippen molar-refractivity contribution in [3.63, 3.8) is 0 Å². The first-order chi connectivity index (χ1) is 7.54. The summed E-state index contributed by atoms with van der Waals surface area (Å²) < 4.78 is 37.0. The van der Waals surface area contributed by atoms with E-state index < -0.39 is 11.7 Å². The monoisotopic (exact) mass is 230 g/mol. The number of aromatic nitrogens is 1. The van der Waals surface area contributed by atoms with Crippen molar-refractivity contribution in [1.82, 2.24) is 10.3 Å². The first-order valence-electron chi connectivity index (χ1n) is 4.87.